The van der Waals surface area contributed by atoms with Gasteiger partial charge in [0.25, 0.3) is 0 Å². The molecule has 0 saturated carbocycles. The van der Waals surface area contributed by atoms with Crippen molar-refractivity contribution in [3.63, 3.8) is 0 Å². The van der Waals surface area contributed by atoms with Crippen LogP contribution < -0.4 is 0 Å². The Morgan fingerprint density at radius 3 is 1.55 bits per heavy atom. The number of hydrogen-bond donors (Lipinski definition) is 0. The van der Waals surface area contributed by atoms with E-state index in [1.807, 2.05) is 60.7 Å². The van der Waals surface area contributed by atoms with Crippen molar-refractivity contribution < 1.29 is 4.42 Å². The maximum Gasteiger partial charge on any atom is 0.227 e. The van der Waals surface area contributed by atoms with E-state index in [2.05, 4.69) is 133 Å². The Morgan fingerprint density at radius 2 is 0.855 bits per heavy atom. The maximum atomic E-state index is 6.57. The van der Waals surface area contributed by atoms with E-state index >= 15 is 0 Å². The topological polar surface area (TPSA) is 64.7 Å². The number of benzene rings is 8. The first-order chi connectivity index (χ1) is 27.2. The summed E-state index contributed by atoms with van der Waals surface area (Å²) in [5.41, 5.74) is 11.6. The number of hydrogen-bond acceptors (Lipinski definition) is 5. The molecule has 0 unspecified atom stereocenters. The summed E-state index contributed by atoms with van der Waals surface area (Å²) >= 11 is 0. The molecule has 0 bridgehead atoms. The Kier molecular flexibility index (Phi) is 8.08. The molecule has 2 aromatic heterocycles. The Bertz CT molecular complexity index is 2960. The Balaban J connectivity index is 1.22. The fourth-order valence-electron chi connectivity index (χ4n) is 7.27. The summed E-state index contributed by atoms with van der Waals surface area (Å²) < 4.78 is 6.57. The zero-order valence-electron chi connectivity index (χ0n) is 29.7. The highest BCUT2D eigenvalue weighted by molar-refractivity contribution is 6.10. The first-order valence-corrected chi connectivity index (χ1v) is 18.3. The second-order valence-corrected chi connectivity index (χ2v) is 13.4. The average molecular weight is 705 g/mol. The molecule has 10 rings (SSSR count). The lowest BCUT2D eigenvalue weighted by Crippen LogP contribution is -2.02. The van der Waals surface area contributed by atoms with Crippen molar-refractivity contribution in [3.05, 3.63) is 194 Å². The van der Waals surface area contributed by atoms with Crippen LogP contribution in [0, 0.1) is 0 Å². The number of fused-ring (bicyclic) bond motifs is 3. The van der Waals surface area contributed by atoms with Gasteiger partial charge < -0.3 is 4.42 Å². The molecule has 0 fully saturated rings. The summed E-state index contributed by atoms with van der Waals surface area (Å²) in [6.45, 7) is 0. The predicted molar refractivity (Wildman–Crippen MR) is 223 cm³/mol. The van der Waals surface area contributed by atoms with Crippen molar-refractivity contribution in [2.45, 2.75) is 0 Å². The summed E-state index contributed by atoms with van der Waals surface area (Å²) in [7, 11) is 0. The van der Waals surface area contributed by atoms with E-state index < -0.39 is 0 Å². The van der Waals surface area contributed by atoms with E-state index in [1.165, 1.54) is 0 Å². The average Bonchev–Trinajstić information content (AvgIpc) is 3.72. The molecule has 10 aromatic rings. The van der Waals surface area contributed by atoms with Crippen LogP contribution in [0.4, 0.5) is 0 Å². The molecule has 0 saturated heterocycles. The van der Waals surface area contributed by atoms with Crippen LogP contribution in [0.15, 0.2) is 199 Å². The van der Waals surface area contributed by atoms with Crippen molar-refractivity contribution in [2.75, 3.05) is 0 Å². The van der Waals surface area contributed by atoms with Gasteiger partial charge in [0.2, 0.25) is 5.89 Å². The highest BCUT2D eigenvalue weighted by Gasteiger charge is 2.20. The van der Waals surface area contributed by atoms with Gasteiger partial charge in [0.1, 0.15) is 5.52 Å². The Morgan fingerprint density at radius 1 is 0.309 bits per heavy atom. The van der Waals surface area contributed by atoms with Crippen molar-refractivity contribution in [1.82, 2.24) is 19.9 Å². The smallest absolute Gasteiger partial charge is 0.227 e. The van der Waals surface area contributed by atoms with Crippen LogP contribution in [-0.2, 0) is 0 Å². The molecule has 0 atom stereocenters. The lowest BCUT2D eigenvalue weighted by molar-refractivity contribution is 0.623. The van der Waals surface area contributed by atoms with E-state index in [9.17, 15) is 0 Å². The summed E-state index contributed by atoms with van der Waals surface area (Å²) in [6, 6.07) is 66.5. The van der Waals surface area contributed by atoms with Crippen molar-refractivity contribution >= 4 is 21.9 Å². The van der Waals surface area contributed by atoms with Gasteiger partial charge in [-0.25, -0.2) is 19.9 Å². The molecule has 0 radical (unpaired) electrons. The van der Waals surface area contributed by atoms with Gasteiger partial charge in [-0.2, -0.15) is 0 Å². The summed E-state index contributed by atoms with van der Waals surface area (Å²) in [5.74, 6) is 2.27. The zero-order chi connectivity index (χ0) is 36.6. The van der Waals surface area contributed by atoms with Gasteiger partial charge in [0, 0.05) is 27.6 Å². The molecular weight excluding hydrogens is 673 g/mol. The summed E-state index contributed by atoms with van der Waals surface area (Å²) in [5, 5.41) is 1.91. The van der Waals surface area contributed by atoms with Crippen LogP contribution in [0.3, 0.4) is 0 Å². The standard InChI is InChI=1S/C50H32N4O/c1-5-15-33(16-6-1)38-24-13-25-40(31-38)47-52-48(41-29-27-39(34-17-7-2-8-18-34)32-43(41)35-19-9-3-10-20-35)54-49(53-47)42-26-14-23-36-28-30-44-46(45(36)42)55-50(51-44)37-21-11-4-12-22-37/h1-32H. The zero-order valence-corrected chi connectivity index (χ0v) is 29.7. The largest absolute Gasteiger partial charge is 0.435 e. The van der Waals surface area contributed by atoms with E-state index in [4.69, 9.17) is 24.4 Å². The number of oxazole rings is 1. The fourth-order valence-corrected chi connectivity index (χ4v) is 7.27. The van der Waals surface area contributed by atoms with Crippen LogP contribution in [-0.4, -0.2) is 19.9 Å². The van der Waals surface area contributed by atoms with Crippen LogP contribution in [0.5, 0.6) is 0 Å². The third-order valence-corrected chi connectivity index (χ3v) is 9.98. The molecule has 0 amide bonds. The first kappa shape index (κ1) is 32.2. The molecule has 0 aliphatic carbocycles. The lowest BCUT2D eigenvalue weighted by Gasteiger charge is -2.15. The maximum absolute atomic E-state index is 6.57. The second kappa shape index (κ2) is 13.8. The highest BCUT2D eigenvalue weighted by Crippen LogP contribution is 2.39. The highest BCUT2D eigenvalue weighted by atomic mass is 16.3. The summed E-state index contributed by atoms with van der Waals surface area (Å²) in [4.78, 5) is 20.7. The monoisotopic (exact) mass is 704 g/mol. The van der Waals surface area contributed by atoms with E-state index in [1.54, 1.807) is 0 Å². The predicted octanol–water partition coefficient (Wildman–Crippen LogP) is 12.8. The molecule has 0 aliphatic rings. The normalized spacial score (nSPS) is 11.3. The van der Waals surface area contributed by atoms with Crippen LogP contribution in [0.2, 0.25) is 0 Å². The van der Waals surface area contributed by atoms with Gasteiger partial charge in [-0.05, 0) is 75.2 Å². The number of nitrogens with zero attached hydrogens (tertiary/aromatic N) is 4. The second-order valence-electron chi connectivity index (χ2n) is 13.4. The number of aromatic nitrogens is 4. The SMILES string of the molecule is c1ccc(-c2cccc(-c3nc(-c4ccc(-c5ccccc5)cc4-c4ccccc4)nc(-c4cccc5ccc6nc(-c7ccccc7)oc6c45)n3)c2)cc1. The minimum absolute atomic E-state index is 0.548. The van der Waals surface area contributed by atoms with Crippen molar-refractivity contribution in [2.24, 2.45) is 0 Å². The molecule has 5 heteroatoms. The summed E-state index contributed by atoms with van der Waals surface area (Å²) in [6.07, 6.45) is 0. The van der Waals surface area contributed by atoms with E-state index in [-0.39, 0.29) is 0 Å². The van der Waals surface area contributed by atoms with Gasteiger partial charge in [-0.1, -0.05) is 158 Å². The van der Waals surface area contributed by atoms with Gasteiger partial charge >= 0.3 is 0 Å². The molecule has 0 spiro atoms. The van der Waals surface area contributed by atoms with Crippen molar-refractivity contribution in [1.29, 1.82) is 0 Å². The van der Waals surface area contributed by atoms with Gasteiger partial charge in [-0.15, -0.1) is 0 Å². The molecule has 2 heterocycles. The first-order valence-electron chi connectivity index (χ1n) is 18.3. The van der Waals surface area contributed by atoms with Crippen LogP contribution in [0.25, 0.3) is 101 Å². The fraction of sp³-hybridized carbons (Fsp3) is 0. The lowest BCUT2D eigenvalue weighted by atomic mass is 9.94. The van der Waals surface area contributed by atoms with E-state index in [0.29, 0.717) is 28.9 Å². The molecule has 8 aromatic carbocycles. The molecule has 0 N–H and O–H groups in total. The molecule has 258 valence electrons. The quantitative estimate of drug-likeness (QED) is 0.165. The third-order valence-electron chi connectivity index (χ3n) is 9.98. The molecule has 0 aliphatic heterocycles. The van der Waals surface area contributed by atoms with Crippen molar-refractivity contribution in [3.8, 4) is 79.0 Å². The molecule has 55 heavy (non-hydrogen) atoms. The molecular formula is C50H32N4O. The van der Waals surface area contributed by atoms with Gasteiger partial charge in [0.05, 0.1) is 0 Å². The minimum atomic E-state index is 0.548. The van der Waals surface area contributed by atoms with Gasteiger partial charge in [-0.3, -0.25) is 0 Å². The third kappa shape index (κ3) is 6.14. The Hall–Kier alpha value is -7.50. The van der Waals surface area contributed by atoms with Crippen LogP contribution in [0.1, 0.15) is 0 Å². The minimum Gasteiger partial charge on any atom is -0.435 e. The molecule has 5 nitrogen and oxygen atoms in total. The Labute approximate surface area is 318 Å². The number of rotatable bonds is 7. The van der Waals surface area contributed by atoms with Gasteiger partial charge in [0.15, 0.2) is 23.1 Å². The van der Waals surface area contributed by atoms with E-state index in [0.717, 1.165) is 71.9 Å². The van der Waals surface area contributed by atoms with Crippen LogP contribution >= 0.6 is 0 Å².